The molecule has 0 atom stereocenters. The van der Waals surface area contributed by atoms with E-state index in [0.29, 0.717) is 4.75 Å². The Bertz CT molecular complexity index is 225. The maximum absolute atomic E-state index is 2.31. The van der Waals surface area contributed by atoms with Crippen molar-refractivity contribution in [1.82, 2.24) is 0 Å². The zero-order valence-corrected chi connectivity index (χ0v) is 7.81. The van der Waals surface area contributed by atoms with Crippen molar-refractivity contribution < 1.29 is 0 Å². The van der Waals surface area contributed by atoms with Crippen molar-refractivity contribution >= 4 is 23.1 Å². The minimum Gasteiger partial charge on any atom is -0.137 e. The van der Waals surface area contributed by atoms with E-state index >= 15 is 0 Å². The van der Waals surface area contributed by atoms with Crippen LogP contribution in [0.4, 0.5) is 0 Å². The van der Waals surface area contributed by atoms with Crippen LogP contribution in [-0.4, -0.2) is 4.75 Å². The molecular weight excluding hydrogens is 160 g/mol. The van der Waals surface area contributed by atoms with Crippen molar-refractivity contribution in [2.45, 2.75) is 29.2 Å². The first kappa shape index (κ1) is 6.74. The molecule has 2 rings (SSSR count). The molecule has 1 aliphatic heterocycles. The van der Waals surface area contributed by atoms with Crippen LogP contribution in [0.1, 0.15) is 19.4 Å². The van der Waals surface area contributed by atoms with Crippen molar-refractivity contribution in [3.63, 3.8) is 0 Å². The highest BCUT2D eigenvalue weighted by atomic mass is 32.2. The first-order valence-electron chi connectivity index (χ1n) is 3.43. The summed E-state index contributed by atoms with van der Waals surface area (Å²) in [4.78, 5) is 0. The maximum atomic E-state index is 2.31. The maximum Gasteiger partial charge on any atom is 0.0636 e. The molecule has 54 valence electrons. The van der Waals surface area contributed by atoms with Gasteiger partial charge in [0.2, 0.25) is 0 Å². The van der Waals surface area contributed by atoms with Gasteiger partial charge in [-0.3, -0.25) is 0 Å². The molecule has 0 fully saturated rings. The van der Waals surface area contributed by atoms with E-state index in [1.165, 1.54) is 10.6 Å². The average Bonchev–Trinajstić information content (AvgIpc) is 2.20. The van der Waals surface area contributed by atoms with E-state index in [1.807, 2.05) is 23.1 Å². The molecule has 0 aromatic carbocycles. The summed E-state index contributed by atoms with van der Waals surface area (Å²) in [6, 6.07) is 2.25. The molecule has 0 unspecified atom stereocenters. The van der Waals surface area contributed by atoms with E-state index in [-0.39, 0.29) is 0 Å². The van der Waals surface area contributed by atoms with Crippen LogP contribution >= 0.6 is 23.1 Å². The monoisotopic (exact) mass is 170 g/mol. The molecule has 2 heteroatoms. The largest absolute Gasteiger partial charge is 0.137 e. The zero-order valence-electron chi connectivity index (χ0n) is 6.18. The predicted octanol–water partition coefficient (Wildman–Crippen LogP) is 3.17. The first-order chi connectivity index (χ1) is 4.67. The van der Waals surface area contributed by atoms with Crippen LogP contribution in [0.2, 0.25) is 0 Å². The third kappa shape index (κ3) is 0.995. The Labute approximate surface area is 69.6 Å². The Kier molecular flexibility index (Phi) is 1.36. The van der Waals surface area contributed by atoms with Gasteiger partial charge in [-0.25, -0.2) is 0 Å². The number of hydrogen-bond donors (Lipinski definition) is 0. The molecule has 0 spiro atoms. The van der Waals surface area contributed by atoms with Crippen molar-refractivity contribution in [2.75, 3.05) is 0 Å². The van der Waals surface area contributed by atoms with Crippen LogP contribution in [-0.2, 0) is 6.42 Å². The molecule has 0 N–H and O–H groups in total. The van der Waals surface area contributed by atoms with Gasteiger partial charge in [-0.2, -0.15) is 0 Å². The summed E-state index contributed by atoms with van der Waals surface area (Å²) in [6.07, 6.45) is 1.25. The number of thioether (sulfide) groups is 1. The van der Waals surface area contributed by atoms with Crippen LogP contribution in [0.5, 0.6) is 0 Å². The molecule has 0 saturated carbocycles. The highest BCUT2D eigenvalue weighted by Gasteiger charge is 2.29. The van der Waals surface area contributed by atoms with E-state index in [2.05, 4.69) is 25.3 Å². The van der Waals surface area contributed by atoms with Gasteiger partial charge < -0.3 is 0 Å². The molecular formula is C8H10S2. The van der Waals surface area contributed by atoms with Crippen LogP contribution in [0.15, 0.2) is 15.7 Å². The van der Waals surface area contributed by atoms with Crippen molar-refractivity contribution in [3.05, 3.63) is 17.0 Å². The second kappa shape index (κ2) is 2.02. The lowest BCUT2D eigenvalue weighted by atomic mass is 10.1. The van der Waals surface area contributed by atoms with Crippen molar-refractivity contribution in [1.29, 1.82) is 0 Å². The Morgan fingerprint density at radius 2 is 2.30 bits per heavy atom. The standard InChI is InChI=1S/C8H10S2/c1-8(2)5-6-3-4-9-7(6)10-8/h3-4H,5H2,1-2H3. The SMILES string of the molecule is CC1(C)Cc2ccsc2S1. The van der Waals surface area contributed by atoms with Crippen molar-refractivity contribution in [2.24, 2.45) is 0 Å². The lowest BCUT2D eigenvalue weighted by Crippen LogP contribution is -2.11. The Balaban J connectivity index is 2.37. The van der Waals surface area contributed by atoms with Crippen LogP contribution < -0.4 is 0 Å². The minimum absolute atomic E-state index is 0.461. The van der Waals surface area contributed by atoms with Crippen LogP contribution in [0, 0.1) is 0 Å². The number of hydrogen-bond acceptors (Lipinski definition) is 2. The molecule has 0 bridgehead atoms. The molecule has 10 heavy (non-hydrogen) atoms. The molecule has 0 aliphatic carbocycles. The fraction of sp³-hybridized carbons (Fsp3) is 0.500. The molecule has 0 nitrogen and oxygen atoms in total. The second-order valence-electron chi connectivity index (χ2n) is 3.27. The predicted molar refractivity (Wildman–Crippen MR) is 48.0 cm³/mol. The van der Waals surface area contributed by atoms with E-state index < -0.39 is 0 Å². The van der Waals surface area contributed by atoms with E-state index in [9.17, 15) is 0 Å². The lowest BCUT2D eigenvalue weighted by molar-refractivity contribution is 0.725. The zero-order chi connectivity index (χ0) is 7.19. The Morgan fingerprint density at radius 1 is 1.50 bits per heavy atom. The number of fused-ring (bicyclic) bond motifs is 1. The smallest absolute Gasteiger partial charge is 0.0636 e. The van der Waals surface area contributed by atoms with Gasteiger partial charge in [-0.15, -0.1) is 23.1 Å². The molecule has 1 aromatic rings. The number of thiophene rings is 1. The highest BCUT2D eigenvalue weighted by molar-refractivity contribution is 8.02. The molecule has 1 aliphatic rings. The summed E-state index contributed by atoms with van der Waals surface area (Å²) >= 11 is 3.90. The second-order valence-corrected chi connectivity index (χ2v) is 6.16. The van der Waals surface area contributed by atoms with Gasteiger partial charge in [0.05, 0.1) is 4.21 Å². The van der Waals surface area contributed by atoms with Gasteiger partial charge in [0.15, 0.2) is 0 Å². The Morgan fingerprint density at radius 3 is 3.00 bits per heavy atom. The van der Waals surface area contributed by atoms with Crippen LogP contribution in [0.3, 0.4) is 0 Å². The Hall–Kier alpha value is 0.0500. The van der Waals surface area contributed by atoms with Gasteiger partial charge in [-0.1, -0.05) is 0 Å². The summed E-state index contributed by atoms with van der Waals surface area (Å²) < 4.78 is 1.99. The molecule has 1 aromatic heterocycles. The highest BCUT2D eigenvalue weighted by Crippen LogP contribution is 2.47. The number of rotatable bonds is 0. The van der Waals surface area contributed by atoms with E-state index in [0.717, 1.165) is 0 Å². The summed E-state index contributed by atoms with van der Waals surface area (Å²) in [5, 5.41) is 2.19. The molecule has 0 amide bonds. The van der Waals surface area contributed by atoms with Crippen LogP contribution in [0.25, 0.3) is 0 Å². The third-order valence-electron chi connectivity index (χ3n) is 1.69. The summed E-state index contributed by atoms with van der Waals surface area (Å²) in [6.45, 7) is 4.62. The molecule has 0 radical (unpaired) electrons. The van der Waals surface area contributed by atoms with Gasteiger partial charge in [0.1, 0.15) is 0 Å². The van der Waals surface area contributed by atoms with Gasteiger partial charge in [0, 0.05) is 4.75 Å². The van der Waals surface area contributed by atoms with Gasteiger partial charge >= 0.3 is 0 Å². The van der Waals surface area contributed by atoms with E-state index in [1.54, 1.807) is 5.56 Å². The normalized spacial score (nSPS) is 21.0. The first-order valence-corrected chi connectivity index (χ1v) is 5.12. The van der Waals surface area contributed by atoms with Gasteiger partial charge in [0.25, 0.3) is 0 Å². The average molecular weight is 170 g/mol. The topological polar surface area (TPSA) is 0 Å². The lowest BCUT2D eigenvalue weighted by Gasteiger charge is -2.13. The summed E-state index contributed by atoms with van der Waals surface area (Å²) in [5.41, 5.74) is 1.56. The fourth-order valence-electron chi connectivity index (χ4n) is 1.29. The quantitative estimate of drug-likeness (QED) is 0.576. The van der Waals surface area contributed by atoms with Gasteiger partial charge in [-0.05, 0) is 37.3 Å². The van der Waals surface area contributed by atoms with Crippen molar-refractivity contribution in [3.8, 4) is 0 Å². The molecule has 0 saturated heterocycles. The third-order valence-corrected chi connectivity index (χ3v) is 4.12. The molecule has 2 heterocycles. The summed E-state index contributed by atoms with van der Waals surface area (Å²) in [5.74, 6) is 0. The fourth-order valence-corrected chi connectivity index (χ4v) is 3.97. The summed E-state index contributed by atoms with van der Waals surface area (Å²) in [7, 11) is 0. The minimum atomic E-state index is 0.461. The van der Waals surface area contributed by atoms with E-state index in [4.69, 9.17) is 0 Å².